The molecule has 0 fully saturated rings. The monoisotopic (exact) mass is 362 g/mol. The number of hydrogen-bond acceptors (Lipinski definition) is 5. The van der Waals surface area contributed by atoms with E-state index < -0.39 is 11.9 Å². The Morgan fingerprint density at radius 2 is 1.77 bits per heavy atom. The molecule has 144 valence electrons. The van der Waals surface area contributed by atoms with E-state index in [9.17, 15) is 14.4 Å². The van der Waals surface area contributed by atoms with Crippen molar-refractivity contribution in [2.45, 2.75) is 58.8 Å². The first-order valence-electron chi connectivity index (χ1n) is 9.07. The SMILES string of the molecule is COC(=O)C(CCC(C)=O)C(=O)CCCc1cccc(C(C)C)c1OC. The average Bonchev–Trinajstić information content (AvgIpc) is 2.60. The second-order valence-electron chi connectivity index (χ2n) is 6.83. The largest absolute Gasteiger partial charge is 0.496 e. The first-order chi connectivity index (χ1) is 12.3. The predicted molar refractivity (Wildman–Crippen MR) is 100 cm³/mol. The summed E-state index contributed by atoms with van der Waals surface area (Å²) in [6, 6.07) is 6.05. The van der Waals surface area contributed by atoms with E-state index in [1.807, 2.05) is 18.2 Å². The molecule has 0 saturated heterocycles. The molecule has 0 heterocycles. The van der Waals surface area contributed by atoms with E-state index in [-0.39, 0.29) is 30.8 Å². The molecule has 1 rings (SSSR count). The lowest BCUT2D eigenvalue weighted by Gasteiger charge is -2.16. The zero-order chi connectivity index (χ0) is 19.7. The Kier molecular flexibility index (Phi) is 9.03. The zero-order valence-electron chi connectivity index (χ0n) is 16.5. The summed E-state index contributed by atoms with van der Waals surface area (Å²) in [5.41, 5.74) is 2.20. The number of esters is 1. The van der Waals surface area contributed by atoms with E-state index in [2.05, 4.69) is 13.8 Å². The minimum absolute atomic E-state index is 0.0399. The Morgan fingerprint density at radius 3 is 2.31 bits per heavy atom. The normalized spacial score (nSPS) is 11.9. The van der Waals surface area contributed by atoms with Crippen molar-refractivity contribution in [3.63, 3.8) is 0 Å². The highest BCUT2D eigenvalue weighted by Gasteiger charge is 2.27. The molecule has 0 aromatic heterocycles. The van der Waals surface area contributed by atoms with E-state index in [4.69, 9.17) is 9.47 Å². The fourth-order valence-electron chi connectivity index (χ4n) is 3.03. The molecule has 0 N–H and O–H groups in total. The lowest BCUT2D eigenvalue weighted by molar-refractivity contribution is -0.149. The molecular formula is C21H30O5. The average molecular weight is 362 g/mol. The maximum atomic E-state index is 12.4. The van der Waals surface area contributed by atoms with Gasteiger partial charge in [0.25, 0.3) is 0 Å². The smallest absolute Gasteiger partial charge is 0.316 e. The van der Waals surface area contributed by atoms with Gasteiger partial charge in [0.05, 0.1) is 14.2 Å². The predicted octanol–water partition coefficient (Wildman–Crippen LogP) is 3.87. The number of para-hydroxylation sites is 1. The quantitative estimate of drug-likeness (QED) is 0.441. The Hall–Kier alpha value is -2.17. The highest BCUT2D eigenvalue weighted by atomic mass is 16.5. The molecule has 0 radical (unpaired) electrons. The summed E-state index contributed by atoms with van der Waals surface area (Å²) in [5.74, 6) is -0.402. The molecule has 0 aliphatic heterocycles. The van der Waals surface area contributed by atoms with Crippen LogP contribution in [0.2, 0.25) is 0 Å². The van der Waals surface area contributed by atoms with E-state index in [1.54, 1.807) is 7.11 Å². The standard InChI is InChI=1S/C21H30O5/c1-14(2)17-10-6-8-16(20(17)25-4)9-7-11-19(23)18(21(24)26-5)13-12-15(3)22/h6,8,10,14,18H,7,9,11-13H2,1-5H3. The minimum Gasteiger partial charge on any atom is -0.496 e. The molecule has 0 amide bonds. The molecule has 26 heavy (non-hydrogen) atoms. The highest BCUT2D eigenvalue weighted by Crippen LogP contribution is 2.31. The number of carbonyl (C=O) groups excluding carboxylic acids is 3. The number of hydrogen-bond donors (Lipinski definition) is 0. The summed E-state index contributed by atoms with van der Waals surface area (Å²) in [6.45, 7) is 5.68. The van der Waals surface area contributed by atoms with E-state index >= 15 is 0 Å². The molecule has 5 heteroatoms. The molecule has 0 aliphatic rings. The molecule has 5 nitrogen and oxygen atoms in total. The second-order valence-corrected chi connectivity index (χ2v) is 6.83. The van der Waals surface area contributed by atoms with Crippen molar-refractivity contribution in [3.05, 3.63) is 29.3 Å². The summed E-state index contributed by atoms with van der Waals surface area (Å²) < 4.78 is 10.3. The van der Waals surface area contributed by atoms with Crippen LogP contribution in [0.3, 0.4) is 0 Å². The molecule has 0 saturated carbocycles. The zero-order valence-corrected chi connectivity index (χ0v) is 16.5. The molecule has 0 spiro atoms. The van der Waals surface area contributed by atoms with Gasteiger partial charge in [0.1, 0.15) is 23.2 Å². The van der Waals surface area contributed by atoms with Gasteiger partial charge in [-0.2, -0.15) is 0 Å². The second kappa shape index (κ2) is 10.7. The maximum absolute atomic E-state index is 12.4. The Balaban J connectivity index is 2.73. The van der Waals surface area contributed by atoms with Crippen molar-refractivity contribution in [1.82, 2.24) is 0 Å². The van der Waals surface area contributed by atoms with Crippen LogP contribution in [0.4, 0.5) is 0 Å². The van der Waals surface area contributed by atoms with E-state index in [0.29, 0.717) is 18.8 Å². The fourth-order valence-corrected chi connectivity index (χ4v) is 3.03. The van der Waals surface area contributed by atoms with E-state index in [0.717, 1.165) is 16.9 Å². The van der Waals surface area contributed by atoms with E-state index in [1.165, 1.54) is 14.0 Å². The van der Waals surface area contributed by atoms with Gasteiger partial charge in [0.15, 0.2) is 0 Å². The van der Waals surface area contributed by atoms with Crippen molar-refractivity contribution in [3.8, 4) is 5.75 Å². The van der Waals surface area contributed by atoms with Crippen molar-refractivity contribution in [1.29, 1.82) is 0 Å². The van der Waals surface area contributed by atoms with Crippen molar-refractivity contribution in [2.24, 2.45) is 5.92 Å². The number of methoxy groups -OCH3 is 2. The molecule has 1 unspecified atom stereocenters. The van der Waals surface area contributed by atoms with Crippen LogP contribution in [0.15, 0.2) is 18.2 Å². The van der Waals surface area contributed by atoms with Gasteiger partial charge < -0.3 is 14.3 Å². The third-order valence-electron chi connectivity index (χ3n) is 4.48. The van der Waals surface area contributed by atoms with Gasteiger partial charge >= 0.3 is 5.97 Å². The van der Waals surface area contributed by atoms with Crippen LogP contribution >= 0.6 is 0 Å². The van der Waals surface area contributed by atoms with Gasteiger partial charge in [0, 0.05) is 12.8 Å². The molecule has 1 aromatic carbocycles. The molecule has 0 aliphatic carbocycles. The van der Waals surface area contributed by atoms with Gasteiger partial charge in [-0.25, -0.2) is 0 Å². The number of carbonyl (C=O) groups is 3. The molecule has 0 bridgehead atoms. The van der Waals surface area contributed by atoms with Gasteiger partial charge in [-0.1, -0.05) is 32.0 Å². The number of ether oxygens (including phenoxy) is 2. The summed E-state index contributed by atoms with van der Waals surface area (Å²) in [4.78, 5) is 35.4. The van der Waals surface area contributed by atoms with Crippen molar-refractivity contribution >= 4 is 17.5 Å². The number of benzene rings is 1. The van der Waals surface area contributed by atoms with Crippen molar-refractivity contribution in [2.75, 3.05) is 14.2 Å². The maximum Gasteiger partial charge on any atom is 0.316 e. The summed E-state index contributed by atoms with van der Waals surface area (Å²) in [7, 11) is 2.92. The number of ketones is 2. The van der Waals surface area contributed by atoms with Gasteiger partial charge in [-0.3, -0.25) is 9.59 Å². The number of aryl methyl sites for hydroxylation is 1. The van der Waals surface area contributed by atoms with Crippen LogP contribution in [-0.4, -0.2) is 31.8 Å². The lowest BCUT2D eigenvalue weighted by Crippen LogP contribution is -2.26. The highest BCUT2D eigenvalue weighted by molar-refractivity contribution is 5.99. The number of Topliss-reactive ketones (excluding diaryl/α,β-unsaturated/α-hetero) is 2. The summed E-state index contributed by atoms with van der Waals surface area (Å²) in [6.07, 6.45) is 2.00. The third kappa shape index (κ3) is 6.28. The van der Waals surface area contributed by atoms with Gasteiger partial charge in [-0.15, -0.1) is 0 Å². The van der Waals surface area contributed by atoms with Crippen LogP contribution in [0, 0.1) is 5.92 Å². The molecule has 1 aromatic rings. The van der Waals surface area contributed by atoms with Crippen molar-refractivity contribution < 1.29 is 23.9 Å². The van der Waals surface area contributed by atoms with Crippen LogP contribution < -0.4 is 4.74 Å². The number of rotatable bonds is 11. The lowest BCUT2D eigenvalue weighted by atomic mass is 9.92. The minimum atomic E-state index is -0.854. The van der Waals surface area contributed by atoms with Crippen LogP contribution in [0.1, 0.15) is 63.5 Å². The first-order valence-corrected chi connectivity index (χ1v) is 9.07. The Labute approximate surface area is 156 Å². The molecular weight excluding hydrogens is 332 g/mol. The summed E-state index contributed by atoms with van der Waals surface area (Å²) in [5, 5.41) is 0. The first kappa shape index (κ1) is 21.9. The Morgan fingerprint density at radius 1 is 1.08 bits per heavy atom. The van der Waals surface area contributed by atoms with Crippen LogP contribution in [0.25, 0.3) is 0 Å². The Bertz CT molecular complexity index is 633. The van der Waals surface area contributed by atoms with Gasteiger partial charge in [-0.05, 0) is 43.2 Å². The van der Waals surface area contributed by atoms with Gasteiger partial charge in [0.2, 0.25) is 0 Å². The van der Waals surface area contributed by atoms with Crippen LogP contribution in [-0.2, 0) is 25.5 Å². The third-order valence-corrected chi connectivity index (χ3v) is 4.48. The topological polar surface area (TPSA) is 69.7 Å². The fraction of sp³-hybridized carbons (Fsp3) is 0.571. The molecule has 1 atom stereocenters. The van der Waals surface area contributed by atoms with Crippen LogP contribution in [0.5, 0.6) is 5.75 Å². The summed E-state index contributed by atoms with van der Waals surface area (Å²) >= 11 is 0.